The Kier molecular flexibility index (Phi) is 4.53. The van der Waals surface area contributed by atoms with Crippen LogP contribution in [0, 0.1) is 0 Å². The molecule has 0 saturated heterocycles. The van der Waals surface area contributed by atoms with E-state index in [-0.39, 0.29) is 11.5 Å². The molecule has 0 aliphatic heterocycles. The molecule has 4 heteroatoms. The van der Waals surface area contributed by atoms with Gasteiger partial charge in [0.2, 0.25) is 0 Å². The predicted molar refractivity (Wildman–Crippen MR) is 122 cm³/mol. The van der Waals surface area contributed by atoms with E-state index in [1.54, 1.807) is 60.7 Å². The third-order valence-corrected chi connectivity index (χ3v) is 5.40. The number of benzene rings is 5. The fraction of sp³-hybridized carbons (Fsp3) is 0. The first-order valence-corrected chi connectivity index (χ1v) is 9.86. The number of aromatic hydroxyl groups is 2. The number of ether oxygens (including phenoxy) is 1. The summed E-state index contributed by atoms with van der Waals surface area (Å²) in [7, 11) is 0. The first-order valence-electron chi connectivity index (χ1n) is 9.86. The van der Waals surface area contributed by atoms with Crippen molar-refractivity contribution in [3.05, 3.63) is 103 Å². The van der Waals surface area contributed by atoms with Crippen LogP contribution in [0.1, 0.15) is 10.4 Å². The summed E-state index contributed by atoms with van der Waals surface area (Å²) in [5.74, 6) is 0.202. The van der Waals surface area contributed by atoms with Crippen molar-refractivity contribution >= 4 is 27.5 Å². The largest absolute Gasteiger partial charge is 0.507 e. The molecule has 0 fully saturated rings. The summed E-state index contributed by atoms with van der Waals surface area (Å²) < 4.78 is 5.77. The maximum Gasteiger partial charge on any atom is 0.344 e. The number of phenolic OH excluding ortho intramolecular Hbond substituents is 2. The van der Waals surface area contributed by atoms with Crippen LogP contribution in [0.3, 0.4) is 0 Å². The Morgan fingerprint density at radius 2 is 1.10 bits per heavy atom. The third-order valence-electron chi connectivity index (χ3n) is 5.40. The molecule has 0 saturated carbocycles. The van der Waals surface area contributed by atoms with Gasteiger partial charge in [0, 0.05) is 16.2 Å². The molecule has 5 rings (SSSR count). The lowest BCUT2D eigenvalue weighted by Gasteiger charge is -2.13. The molecule has 2 N–H and O–H groups in total. The zero-order chi connectivity index (χ0) is 21.4. The van der Waals surface area contributed by atoms with E-state index in [0.29, 0.717) is 33.0 Å². The van der Waals surface area contributed by atoms with E-state index in [9.17, 15) is 15.0 Å². The Labute approximate surface area is 178 Å². The van der Waals surface area contributed by atoms with E-state index >= 15 is 0 Å². The molecule has 5 aromatic carbocycles. The molecule has 0 aliphatic carbocycles. The second-order valence-electron chi connectivity index (χ2n) is 7.24. The number of hydrogen-bond acceptors (Lipinski definition) is 4. The Morgan fingerprint density at radius 3 is 1.87 bits per heavy atom. The van der Waals surface area contributed by atoms with E-state index in [1.165, 1.54) is 0 Å². The molecule has 0 amide bonds. The van der Waals surface area contributed by atoms with E-state index in [0.717, 1.165) is 10.9 Å². The lowest BCUT2D eigenvalue weighted by molar-refractivity contribution is 0.0738. The first-order chi connectivity index (χ1) is 15.1. The third kappa shape index (κ3) is 3.24. The van der Waals surface area contributed by atoms with Crippen molar-refractivity contribution in [2.24, 2.45) is 0 Å². The average molecular weight is 406 g/mol. The molecule has 0 aromatic heterocycles. The number of carbonyl (C=O) groups is 1. The van der Waals surface area contributed by atoms with Crippen LogP contribution in [-0.2, 0) is 0 Å². The van der Waals surface area contributed by atoms with Crippen molar-refractivity contribution in [2.45, 2.75) is 0 Å². The van der Waals surface area contributed by atoms with Gasteiger partial charge in [0.05, 0.1) is 5.56 Å². The van der Waals surface area contributed by atoms with Crippen molar-refractivity contribution in [3.63, 3.8) is 0 Å². The minimum Gasteiger partial charge on any atom is -0.507 e. The van der Waals surface area contributed by atoms with Crippen LogP contribution in [0.5, 0.6) is 17.2 Å². The molecule has 0 atom stereocenters. The van der Waals surface area contributed by atoms with Crippen LogP contribution >= 0.6 is 0 Å². The van der Waals surface area contributed by atoms with Gasteiger partial charge in [-0.25, -0.2) is 4.79 Å². The van der Waals surface area contributed by atoms with Gasteiger partial charge in [-0.15, -0.1) is 0 Å². The van der Waals surface area contributed by atoms with E-state index in [1.807, 2.05) is 36.4 Å². The van der Waals surface area contributed by atoms with Crippen molar-refractivity contribution in [1.29, 1.82) is 0 Å². The highest BCUT2D eigenvalue weighted by molar-refractivity contribution is 6.06. The van der Waals surface area contributed by atoms with Crippen LogP contribution in [0.25, 0.3) is 32.7 Å². The Balaban J connectivity index is 1.61. The summed E-state index contributed by atoms with van der Waals surface area (Å²) in [6, 6.07) is 28.5. The zero-order valence-corrected chi connectivity index (χ0v) is 16.4. The lowest BCUT2D eigenvalue weighted by Crippen LogP contribution is -2.10. The highest BCUT2D eigenvalue weighted by Crippen LogP contribution is 2.36. The van der Waals surface area contributed by atoms with Crippen LogP contribution in [0.4, 0.5) is 0 Å². The molecule has 0 spiro atoms. The van der Waals surface area contributed by atoms with Gasteiger partial charge in [-0.2, -0.15) is 0 Å². The highest BCUT2D eigenvalue weighted by Gasteiger charge is 2.18. The van der Waals surface area contributed by atoms with Crippen LogP contribution in [0.15, 0.2) is 97.1 Å². The van der Waals surface area contributed by atoms with Crippen LogP contribution in [-0.4, -0.2) is 16.2 Å². The molecular formula is C27H18O4. The van der Waals surface area contributed by atoms with Gasteiger partial charge in [-0.3, -0.25) is 0 Å². The standard InChI is InChI=1S/C27H18O4/c28-24-14-4-10-18-17(9-3-11-20(18)24)19-7-1-2-8-23(19)27(30)31-26-16-6-12-21-22(26)13-5-15-25(21)29/h1-16,28-29H. The quantitative estimate of drug-likeness (QED) is 0.273. The normalized spacial score (nSPS) is 11.0. The van der Waals surface area contributed by atoms with Gasteiger partial charge in [0.1, 0.15) is 17.2 Å². The number of carbonyl (C=O) groups excluding carboxylic acids is 1. The number of esters is 1. The second kappa shape index (κ2) is 7.50. The molecule has 31 heavy (non-hydrogen) atoms. The molecule has 0 aliphatic rings. The minimum atomic E-state index is -0.497. The zero-order valence-electron chi connectivity index (χ0n) is 16.4. The first kappa shape index (κ1) is 18.7. The summed E-state index contributed by atoms with van der Waals surface area (Å²) in [5, 5.41) is 23.2. The highest BCUT2D eigenvalue weighted by atomic mass is 16.5. The van der Waals surface area contributed by atoms with Gasteiger partial charge >= 0.3 is 5.97 Å². The average Bonchev–Trinajstić information content (AvgIpc) is 2.80. The predicted octanol–water partition coefficient (Wildman–Crippen LogP) is 6.29. The van der Waals surface area contributed by atoms with E-state index in [2.05, 4.69) is 0 Å². The van der Waals surface area contributed by atoms with Gasteiger partial charge in [-0.1, -0.05) is 72.8 Å². The summed E-state index contributed by atoms with van der Waals surface area (Å²) in [6.45, 7) is 0. The molecule has 0 bridgehead atoms. The Hall–Kier alpha value is -4.31. The maximum absolute atomic E-state index is 13.2. The number of fused-ring (bicyclic) bond motifs is 2. The molecule has 4 nitrogen and oxygen atoms in total. The maximum atomic E-state index is 13.2. The molecule has 0 radical (unpaired) electrons. The SMILES string of the molecule is O=C(Oc1cccc2c(O)cccc12)c1ccccc1-c1cccc2c(O)cccc12. The number of phenols is 2. The summed E-state index contributed by atoms with van der Waals surface area (Å²) in [6.07, 6.45) is 0. The van der Waals surface area contributed by atoms with Crippen molar-refractivity contribution < 1.29 is 19.7 Å². The molecular weight excluding hydrogens is 388 g/mol. The molecule has 0 unspecified atom stereocenters. The van der Waals surface area contributed by atoms with Gasteiger partial charge in [0.25, 0.3) is 0 Å². The van der Waals surface area contributed by atoms with E-state index < -0.39 is 5.97 Å². The number of hydrogen-bond donors (Lipinski definition) is 2. The van der Waals surface area contributed by atoms with E-state index in [4.69, 9.17) is 4.74 Å². The van der Waals surface area contributed by atoms with Crippen molar-refractivity contribution in [3.8, 4) is 28.4 Å². The van der Waals surface area contributed by atoms with Crippen molar-refractivity contribution in [2.75, 3.05) is 0 Å². The summed E-state index contributed by atoms with van der Waals surface area (Å²) in [4.78, 5) is 13.2. The summed E-state index contributed by atoms with van der Waals surface area (Å²) >= 11 is 0. The van der Waals surface area contributed by atoms with Crippen LogP contribution in [0.2, 0.25) is 0 Å². The topological polar surface area (TPSA) is 66.8 Å². The fourth-order valence-corrected chi connectivity index (χ4v) is 3.93. The lowest BCUT2D eigenvalue weighted by atomic mass is 9.94. The minimum absolute atomic E-state index is 0.131. The van der Waals surface area contributed by atoms with Crippen molar-refractivity contribution in [1.82, 2.24) is 0 Å². The second-order valence-corrected chi connectivity index (χ2v) is 7.24. The Bertz CT molecular complexity index is 1450. The number of rotatable bonds is 3. The smallest absolute Gasteiger partial charge is 0.344 e. The monoisotopic (exact) mass is 406 g/mol. The van der Waals surface area contributed by atoms with Gasteiger partial charge < -0.3 is 14.9 Å². The summed E-state index contributed by atoms with van der Waals surface area (Å²) in [5.41, 5.74) is 1.96. The van der Waals surface area contributed by atoms with Gasteiger partial charge in [0.15, 0.2) is 0 Å². The van der Waals surface area contributed by atoms with Gasteiger partial charge in [-0.05, 0) is 40.8 Å². The molecule has 0 heterocycles. The molecule has 150 valence electrons. The molecule has 5 aromatic rings. The fourth-order valence-electron chi connectivity index (χ4n) is 3.93. The van der Waals surface area contributed by atoms with Crippen LogP contribution < -0.4 is 4.74 Å². The Morgan fingerprint density at radius 1 is 0.548 bits per heavy atom.